The lowest BCUT2D eigenvalue weighted by molar-refractivity contribution is -0.144. The molecule has 0 bridgehead atoms. The molecule has 0 unspecified atom stereocenters. The number of hydrogen-bond acceptors (Lipinski definition) is 8. The third kappa shape index (κ3) is 4.35. The summed E-state index contributed by atoms with van der Waals surface area (Å²) in [5.74, 6) is -0.139. The second kappa shape index (κ2) is 6.94. The number of rotatable bonds is 5. The van der Waals surface area contributed by atoms with Crippen molar-refractivity contribution >= 4 is 27.6 Å². The Hall–Kier alpha value is -1.87. The number of aromatic nitrogens is 2. The number of nitrogens with zero attached hydrogens (tertiary/aromatic N) is 2. The minimum absolute atomic E-state index is 0.00786. The summed E-state index contributed by atoms with van der Waals surface area (Å²) in [7, 11) is -3.06. The summed E-state index contributed by atoms with van der Waals surface area (Å²) in [5, 5.41) is 8.10. The van der Waals surface area contributed by atoms with Gasteiger partial charge in [0.1, 0.15) is 11.9 Å². The molecule has 24 heavy (non-hydrogen) atoms. The summed E-state index contributed by atoms with van der Waals surface area (Å²) >= 11 is 1.07. The van der Waals surface area contributed by atoms with Gasteiger partial charge >= 0.3 is 5.97 Å². The van der Waals surface area contributed by atoms with Gasteiger partial charge in [0.05, 0.1) is 11.5 Å². The molecule has 1 aliphatic heterocycles. The van der Waals surface area contributed by atoms with Gasteiger partial charge in [0.2, 0.25) is 5.89 Å². The van der Waals surface area contributed by atoms with Crippen molar-refractivity contribution in [2.24, 2.45) is 0 Å². The van der Waals surface area contributed by atoms with Crippen LogP contribution in [0.3, 0.4) is 0 Å². The van der Waals surface area contributed by atoms with Gasteiger partial charge in [-0.05, 0) is 25.5 Å². The number of hydrogen-bond donors (Lipinski definition) is 0. The number of carbonyl (C=O) groups is 1. The quantitative estimate of drug-likeness (QED) is 0.582. The first-order chi connectivity index (χ1) is 11.4. The first-order valence-electron chi connectivity index (χ1n) is 7.34. The molecule has 0 radical (unpaired) electrons. The minimum atomic E-state index is -3.06. The molecule has 7 nitrogen and oxygen atoms in total. The molecule has 0 spiro atoms. The van der Waals surface area contributed by atoms with E-state index in [1.54, 1.807) is 0 Å². The molecule has 3 rings (SSSR count). The highest BCUT2D eigenvalue weighted by Crippen LogP contribution is 2.24. The van der Waals surface area contributed by atoms with Crippen molar-refractivity contribution in [3.63, 3.8) is 0 Å². The number of benzene rings is 1. The first-order valence-corrected chi connectivity index (χ1v) is 10.2. The molecule has 1 saturated heterocycles. The summed E-state index contributed by atoms with van der Waals surface area (Å²) in [6.45, 7) is 1.99. The molecule has 1 aliphatic rings. The van der Waals surface area contributed by atoms with Crippen LogP contribution in [0.25, 0.3) is 11.5 Å². The molecule has 2 aromatic rings. The third-order valence-electron chi connectivity index (χ3n) is 3.51. The van der Waals surface area contributed by atoms with E-state index < -0.39 is 21.9 Å². The molecular weight excluding hydrogens is 352 g/mol. The molecule has 1 aromatic heterocycles. The van der Waals surface area contributed by atoms with Crippen LogP contribution in [0.15, 0.2) is 33.9 Å². The Labute approximate surface area is 143 Å². The van der Waals surface area contributed by atoms with Crippen LogP contribution in [0.2, 0.25) is 0 Å². The zero-order valence-corrected chi connectivity index (χ0v) is 14.6. The number of thioether (sulfide) groups is 1. The smallest absolute Gasteiger partial charge is 0.316 e. The molecule has 1 atom stereocenters. The average Bonchev–Trinajstić information content (AvgIpc) is 3.12. The highest BCUT2D eigenvalue weighted by atomic mass is 32.2. The third-order valence-corrected chi connectivity index (χ3v) is 6.04. The van der Waals surface area contributed by atoms with Crippen LogP contribution < -0.4 is 0 Å². The van der Waals surface area contributed by atoms with Crippen LogP contribution in [-0.2, 0) is 19.4 Å². The van der Waals surface area contributed by atoms with Crippen molar-refractivity contribution in [1.29, 1.82) is 0 Å². The molecule has 0 aliphatic carbocycles. The fourth-order valence-electron chi connectivity index (χ4n) is 2.28. The largest absolute Gasteiger partial charge is 0.461 e. The Morgan fingerprint density at radius 2 is 2.08 bits per heavy atom. The van der Waals surface area contributed by atoms with E-state index in [0.29, 0.717) is 12.3 Å². The number of esters is 1. The molecule has 2 heterocycles. The SMILES string of the molecule is Cc1ccc(-c2nnc(SCC(=O)O[C@@H]3CCS(=O)(=O)C3)o2)cc1. The lowest BCUT2D eigenvalue weighted by Crippen LogP contribution is -2.20. The predicted octanol–water partition coefficient (Wildman–Crippen LogP) is 1.87. The Morgan fingerprint density at radius 1 is 1.33 bits per heavy atom. The van der Waals surface area contributed by atoms with Crippen LogP contribution in [0.1, 0.15) is 12.0 Å². The highest BCUT2D eigenvalue weighted by molar-refractivity contribution is 7.99. The number of carbonyl (C=O) groups excluding carboxylic acids is 1. The second-order valence-electron chi connectivity index (χ2n) is 5.54. The lowest BCUT2D eigenvalue weighted by atomic mass is 10.1. The van der Waals surface area contributed by atoms with Gasteiger partial charge < -0.3 is 9.15 Å². The number of sulfone groups is 1. The highest BCUT2D eigenvalue weighted by Gasteiger charge is 2.30. The van der Waals surface area contributed by atoms with E-state index in [4.69, 9.17) is 9.15 Å². The monoisotopic (exact) mass is 368 g/mol. The van der Waals surface area contributed by atoms with Crippen molar-refractivity contribution in [3.05, 3.63) is 29.8 Å². The lowest BCUT2D eigenvalue weighted by Gasteiger charge is -2.08. The van der Waals surface area contributed by atoms with Gasteiger partial charge in [-0.1, -0.05) is 29.5 Å². The van der Waals surface area contributed by atoms with E-state index in [9.17, 15) is 13.2 Å². The Morgan fingerprint density at radius 3 is 2.75 bits per heavy atom. The summed E-state index contributed by atoms with van der Waals surface area (Å²) in [6.07, 6.45) is -0.189. The normalized spacial score (nSPS) is 19.3. The summed E-state index contributed by atoms with van der Waals surface area (Å²) < 4.78 is 33.3. The zero-order valence-electron chi connectivity index (χ0n) is 13.0. The van der Waals surface area contributed by atoms with Crippen molar-refractivity contribution in [3.8, 4) is 11.5 Å². The van der Waals surface area contributed by atoms with E-state index in [1.807, 2.05) is 31.2 Å². The van der Waals surface area contributed by atoms with Crippen LogP contribution >= 0.6 is 11.8 Å². The van der Waals surface area contributed by atoms with Gasteiger partial charge in [-0.3, -0.25) is 4.79 Å². The number of ether oxygens (including phenoxy) is 1. The summed E-state index contributed by atoms with van der Waals surface area (Å²) in [6, 6.07) is 7.65. The first kappa shape index (κ1) is 17.0. The molecule has 1 fully saturated rings. The zero-order chi connectivity index (χ0) is 17.2. The average molecular weight is 368 g/mol. The Kier molecular flexibility index (Phi) is 4.91. The molecule has 0 saturated carbocycles. The van der Waals surface area contributed by atoms with E-state index >= 15 is 0 Å². The van der Waals surface area contributed by atoms with Crippen LogP contribution in [0.4, 0.5) is 0 Å². The van der Waals surface area contributed by atoms with Gasteiger partial charge in [-0.15, -0.1) is 10.2 Å². The molecule has 128 valence electrons. The van der Waals surface area contributed by atoms with Gasteiger partial charge in [0.25, 0.3) is 5.22 Å². The minimum Gasteiger partial charge on any atom is -0.461 e. The van der Waals surface area contributed by atoms with E-state index in [-0.39, 0.29) is 22.5 Å². The van der Waals surface area contributed by atoms with Crippen LogP contribution in [-0.4, -0.2) is 47.9 Å². The van der Waals surface area contributed by atoms with E-state index in [0.717, 1.165) is 22.9 Å². The molecule has 9 heteroatoms. The van der Waals surface area contributed by atoms with Crippen LogP contribution in [0.5, 0.6) is 0 Å². The maximum absolute atomic E-state index is 11.8. The Bertz CT molecular complexity index is 830. The predicted molar refractivity (Wildman–Crippen MR) is 88.3 cm³/mol. The van der Waals surface area contributed by atoms with Crippen molar-refractivity contribution in [1.82, 2.24) is 10.2 Å². The maximum atomic E-state index is 11.8. The van der Waals surface area contributed by atoms with Gasteiger partial charge in [-0.2, -0.15) is 0 Å². The summed E-state index contributed by atoms with van der Waals surface area (Å²) in [5.41, 5.74) is 1.93. The van der Waals surface area contributed by atoms with Crippen molar-refractivity contribution < 1.29 is 22.4 Å². The van der Waals surface area contributed by atoms with E-state index in [1.165, 1.54) is 0 Å². The standard InChI is InChI=1S/C15H16N2O5S2/c1-10-2-4-11(5-3-10)14-16-17-15(22-14)23-8-13(18)21-12-6-7-24(19,20)9-12/h2-5,12H,6-9H2,1H3/t12-/m1/s1. The van der Waals surface area contributed by atoms with Crippen LogP contribution in [0, 0.1) is 6.92 Å². The fraction of sp³-hybridized carbons (Fsp3) is 0.400. The van der Waals surface area contributed by atoms with E-state index in [2.05, 4.69) is 10.2 Å². The molecule has 0 N–H and O–H groups in total. The van der Waals surface area contributed by atoms with Gasteiger partial charge in [-0.25, -0.2) is 8.42 Å². The molecule has 0 amide bonds. The molecular formula is C15H16N2O5S2. The number of aryl methyl sites for hydroxylation is 1. The second-order valence-corrected chi connectivity index (χ2v) is 8.70. The Balaban J connectivity index is 1.52. The van der Waals surface area contributed by atoms with Gasteiger partial charge in [0.15, 0.2) is 9.84 Å². The fourth-order valence-corrected chi connectivity index (χ4v) is 4.41. The van der Waals surface area contributed by atoms with Gasteiger partial charge in [0, 0.05) is 5.56 Å². The topological polar surface area (TPSA) is 99.4 Å². The summed E-state index contributed by atoms with van der Waals surface area (Å²) in [4.78, 5) is 11.8. The maximum Gasteiger partial charge on any atom is 0.316 e. The van der Waals surface area contributed by atoms with Crippen molar-refractivity contribution in [2.75, 3.05) is 17.3 Å². The van der Waals surface area contributed by atoms with Crippen molar-refractivity contribution in [2.45, 2.75) is 24.7 Å². The molecule has 1 aromatic carbocycles.